The second-order valence-electron chi connectivity index (χ2n) is 3.26. The summed E-state index contributed by atoms with van der Waals surface area (Å²) in [4.78, 5) is 0. The van der Waals surface area contributed by atoms with Crippen molar-refractivity contribution in [1.29, 1.82) is 0 Å². The molecule has 0 bridgehead atoms. The maximum atomic E-state index is 5.54. The predicted octanol–water partition coefficient (Wildman–Crippen LogP) is -0.0551. The number of aromatic nitrogens is 3. The summed E-state index contributed by atoms with van der Waals surface area (Å²) >= 11 is 0. The van der Waals surface area contributed by atoms with Gasteiger partial charge in [-0.3, -0.25) is 4.57 Å². The van der Waals surface area contributed by atoms with Gasteiger partial charge in [0.2, 0.25) is 0 Å². The highest BCUT2D eigenvalue weighted by atomic mass is 16.4. The Kier molecular flexibility index (Phi) is 1.42. The van der Waals surface area contributed by atoms with Crippen LogP contribution < -0.4 is 10.4 Å². The lowest BCUT2D eigenvalue weighted by Crippen LogP contribution is -2.34. The minimum Gasteiger partial charge on any atom is -0.554 e. The van der Waals surface area contributed by atoms with E-state index < -0.39 is 0 Å². The number of rotatable bonds is 0. The van der Waals surface area contributed by atoms with E-state index in [0.717, 1.165) is 23.0 Å². The Labute approximate surface area is 81.8 Å². The van der Waals surface area contributed by atoms with Gasteiger partial charge in [0, 0.05) is 0 Å². The molecule has 0 saturated heterocycles. The van der Waals surface area contributed by atoms with Crippen molar-refractivity contribution in [3.05, 3.63) is 30.1 Å². The molecule has 0 amide bonds. The van der Waals surface area contributed by atoms with E-state index in [1.54, 1.807) is 0 Å². The molecule has 0 N–H and O–H groups in total. The molecule has 1 aromatic heterocycles. The van der Waals surface area contributed by atoms with Gasteiger partial charge < -0.3 is 4.65 Å². The molecule has 14 heavy (non-hydrogen) atoms. The summed E-state index contributed by atoms with van der Waals surface area (Å²) in [5.41, 5.74) is 1.89. The fourth-order valence-corrected chi connectivity index (χ4v) is 1.72. The van der Waals surface area contributed by atoms with Crippen molar-refractivity contribution in [1.82, 2.24) is 14.8 Å². The highest BCUT2D eigenvalue weighted by molar-refractivity contribution is 6.46. The second kappa shape index (κ2) is 2.61. The first-order valence-corrected chi connectivity index (χ1v) is 4.49. The molecule has 2 heterocycles. The average Bonchev–Trinajstić information content (AvgIpc) is 2.61. The summed E-state index contributed by atoms with van der Waals surface area (Å²) in [5.74, 6) is 1.79. The van der Waals surface area contributed by atoms with E-state index in [4.69, 9.17) is 4.65 Å². The van der Waals surface area contributed by atoms with E-state index in [1.165, 1.54) is 0 Å². The van der Waals surface area contributed by atoms with E-state index in [9.17, 15) is 0 Å². The minimum atomic E-state index is 0.498. The van der Waals surface area contributed by atoms with Crippen molar-refractivity contribution in [3.63, 3.8) is 0 Å². The van der Waals surface area contributed by atoms with Gasteiger partial charge in [0.25, 0.3) is 0 Å². The number of nitrogens with zero attached hydrogens (tertiary/aromatic N) is 3. The summed E-state index contributed by atoms with van der Waals surface area (Å²) in [6, 6.07) is 7.91. The predicted molar refractivity (Wildman–Crippen MR) is 53.5 cm³/mol. The molecule has 1 aliphatic heterocycles. The Hall–Kier alpha value is -1.78. The van der Waals surface area contributed by atoms with Crippen molar-refractivity contribution < 1.29 is 4.65 Å². The van der Waals surface area contributed by atoms with Crippen LogP contribution in [0.1, 0.15) is 5.82 Å². The molecule has 0 atom stereocenters. The van der Waals surface area contributed by atoms with Crippen molar-refractivity contribution in [2.45, 2.75) is 6.92 Å². The van der Waals surface area contributed by atoms with E-state index >= 15 is 0 Å². The van der Waals surface area contributed by atoms with Crippen molar-refractivity contribution in [2.75, 3.05) is 0 Å². The Bertz CT molecular complexity index is 495. The van der Waals surface area contributed by atoms with E-state index in [1.807, 2.05) is 35.8 Å². The fraction of sp³-hybridized carbons (Fsp3) is 0.111. The van der Waals surface area contributed by atoms with Crippen LogP contribution in [0.25, 0.3) is 5.69 Å². The first-order valence-electron chi connectivity index (χ1n) is 4.49. The molecule has 0 fully saturated rings. The van der Waals surface area contributed by atoms with Crippen LogP contribution >= 0.6 is 0 Å². The van der Waals surface area contributed by atoms with Gasteiger partial charge in [0.1, 0.15) is 17.3 Å². The van der Waals surface area contributed by atoms with Gasteiger partial charge in [0.15, 0.2) is 0 Å². The summed E-state index contributed by atoms with van der Waals surface area (Å²) in [7, 11) is 0.498. The zero-order valence-corrected chi connectivity index (χ0v) is 7.77. The Morgan fingerprint density at radius 3 is 3.07 bits per heavy atom. The molecule has 68 valence electrons. The molecule has 0 radical (unpaired) electrons. The molecule has 0 saturated carbocycles. The van der Waals surface area contributed by atoms with E-state index in [0.29, 0.717) is 7.48 Å². The third kappa shape index (κ3) is 0.892. The molecular weight excluding hydrogens is 177 g/mol. The largest absolute Gasteiger partial charge is 0.554 e. The lowest BCUT2D eigenvalue weighted by molar-refractivity contribution is 0.585. The molecular formula is C9H8BN3O. The molecule has 0 unspecified atom stereocenters. The van der Waals surface area contributed by atoms with Gasteiger partial charge in [0.05, 0.1) is 5.69 Å². The van der Waals surface area contributed by atoms with Crippen LogP contribution in [0.4, 0.5) is 0 Å². The number of hydrogen-bond donors (Lipinski definition) is 0. The number of hydrogen-bond acceptors (Lipinski definition) is 3. The Morgan fingerprint density at radius 2 is 2.14 bits per heavy atom. The van der Waals surface area contributed by atoms with Gasteiger partial charge in [-0.1, -0.05) is 12.1 Å². The van der Waals surface area contributed by atoms with Gasteiger partial charge in [-0.2, -0.15) is 0 Å². The lowest BCUT2D eigenvalue weighted by atomic mass is 9.97. The number of aryl methyl sites for hydroxylation is 1. The van der Waals surface area contributed by atoms with Crippen LogP contribution in [-0.2, 0) is 0 Å². The molecule has 0 aliphatic carbocycles. The summed E-state index contributed by atoms with van der Waals surface area (Å²) in [6.07, 6.45) is 0. The first kappa shape index (κ1) is 7.61. The lowest BCUT2D eigenvalue weighted by Gasteiger charge is -2.18. The number of fused-ring (bicyclic) bond motifs is 3. The third-order valence-corrected chi connectivity index (χ3v) is 2.35. The van der Waals surface area contributed by atoms with Crippen LogP contribution in [0.2, 0.25) is 0 Å². The van der Waals surface area contributed by atoms with Crippen LogP contribution in [0, 0.1) is 6.92 Å². The Morgan fingerprint density at radius 1 is 1.29 bits per heavy atom. The fourth-order valence-electron chi connectivity index (χ4n) is 1.72. The zero-order chi connectivity index (χ0) is 9.54. The second-order valence-corrected chi connectivity index (χ2v) is 3.26. The maximum absolute atomic E-state index is 5.54. The molecule has 5 heteroatoms. The molecule has 1 aliphatic rings. The van der Waals surface area contributed by atoms with E-state index in [-0.39, 0.29) is 0 Å². The summed E-state index contributed by atoms with van der Waals surface area (Å²) in [6.45, 7) is 1.94. The molecule has 2 aromatic rings. The molecule has 4 nitrogen and oxygen atoms in total. The summed E-state index contributed by atoms with van der Waals surface area (Å²) < 4.78 is 7.57. The summed E-state index contributed by atoms with van der Waals surface area (Å²) in [5, 5.41) is 8.07. The normalized spacial score (nSPS) is 12.4. The van der Waals surface area contributed by atoms with Crippen LogP contribution in [0.15, 0.2) is 24.3 Å². The maximum Gasteiger partial charge on any atom is 0.414 e. The van der Waals surface area contributed by atoms with Crippen molar-refractivity contribution in [3.8, 4) is 11.4 Å². The van der Waals surface area contributed by atoms with Gasteiger partial charge in [-0.15, -0.1) is 10.2 Å². The SMILES string of the molecule is Cc1nnc2n1-c1ccccc1OB2. The third-order valence-electron chi connectivity index (χ3n) is 2.35. The minimum absolute atomic E-state index is 0.498. The van der Waals surface area contributed by atoms with Crippen molar-refractivity contribution in [2.24, 2.45) is 0 Å². The standard InChI is InChI=1S/C9H8BN3O/c1-6-11-12-9-10-14-8-5-3-2-4-7(8)13(6)9/h2-5,10H,1H3. The van der Waals surface area contributed by atoms with Gasteiger partial charge >= 0.3 is 7.48 Å². The van der Waals surface area contributed by atoms with Crippen LogP contribution in [-0.4, -0.2) is 22.2 Å². The number of benzene rings is 1. The first-order chi connectivity index (χ1) is 6.86. The van der Waals surface area contributed by atoms with Crippen LogP contribution in [0.5, 0.6) is 5.75 Å². The highest BCUT2D eigenvalue weighted by Gasteiger charge is 2.21. The quantitative estimate of drug-likeness (QED) is 0.540. The topological polar surface area (TPSA) is 39.9 Å². The molecule has 3 rings (SSSR count). The monoisotopic (exact) mass is 185 g/mol. The van der Waals surface area contributed by atoms with E-state index in [2.05, 4.69) is 10.2 Å². The van der Waals surface area contributed by atoms with Gasteiger partial charge in [-0.25, -0.2) is 0 Å². The molecule has 0 spiro atoms. The molecule has 1 aromatic carbocycles. The zero-order valence-electron chi connectivity index (χ0n) is 7.77. The van der Waals surface area contributed by atoms with Crippen LogP contribution in [0.3, 0.4) is 0 Å². The van der Waals surface area contributed by atoms with Crippen molar-refractivity contribution >= 4 is 13.2 Å². The smallest absolute Gasteiger partial charge is 0.414 e. The highest BCUT2D eigenvalue weighted by Crippen LogP contribution is 2.24. The average molecular weight is 185 g/mol. The van der Waals surface area contributed by atoms with Gasteiger partial charge in [-0.05, 0) is 19.1 Å². The Balaban J connectivity index is 2.32. The number of para-hydroxylation sites is 2.